The Labute approximate surface area is 145 Å². The van der Waals surface area contributed by atoms with Gasteiger partial charge in [-0.1, -0.05) is 18.1 Å². The van der Waals surface area contributed by atoms with Crippen molar-refractivity contribution >= 4 is 17.4 Å². The second-order valence-electron chi connectivity index (χ2n) is 5.59. The van der Waals surface area contributed by atoms with Crippen LogP contribution in [0.4, 0.5) is 11.5 Å². The van der Waals surface area contributed by atoms with Gasteiger partial charge in [-0.25, -0.2) is 0 Å². The van der Waals surface area contributed by atoms with E-state index in [4.69, 9.17) is 4.52 Å². The number of rotatable bonds is 6. The minimum Gasteiger partial charge on any atom is -0.359 e. The number of aromatic nitrogens is 3. The lowest BCUT2D eigenvalue weighted by Crippen LogP contribution is -2.22. The topological polar surface area (TPSA) is 92.9 Å². The first-order valence-corrected chi connectivity index (χ1v) is 8.04. The van der Waals surface area contributed by atoms with Gasteiger partial charge in [-0.05, 0) is 43.7 Å². The summed E-state index contributed by atoms with van der Waals surface area (Å²) in [6.07, 6.45) is 0.799. The van der Waals surface area contributed by atoms with Crippen LogP contribution in [0, 0.1) is 6.92 Å². The maximum absolute atomic E-state index is 12.3. The fraction of sp³-hybridized carbons (Fsp3) is 0.222. The van der Waals surface area contributed by atoms with Gasteiger partial charge in [-0.3, -0.25) is 4.79 Å². The Morgan fingerprint density at radius 3 is 2.76 bits per heavy atom. The average molecular weight is 337 g/mol. The Kier molecular flexibility index (Phi) is 5.03. The van der Waals surface area contributed by atoms with E-state index in [2.05, 4.69) is 26.0 Å². The second-order valence-corrected chi connectivity index (χ2v) is 5.59. The van der Waals surface area contributed by atoms with Crippen molar-refractivity contribution < 1.29 is 9.32 Å². The first kappa shape index (κ1) is 16.6. The summed E-state index contributed by atoms with van der Waals surface area (Å²) in [4.78, 5) is 12.3. The highest BCUT2D eigenvalue weighted by molar-refractivity contribution is 5.95. The zero-order valence-corrected chi connectivity index (χ0v) is 14.1. The number of aryl methyl sites for hydroxylation is 2. The van der Waals surface area contributed by atoms with E-state index in [1.54, 1.807) is 12.1 Å². The molecule has 0 spiro atoms. The van der Waals surface area contributed by atoms with Crippen LogP contribution >= 0.6 is 0 Å². The van der Waals surface area contributed by atoms with Crippen molar-refractivity contribution in [3.63, 3.8) is 0 Å². The molecule has 1 amide bonds. The van der Waals surface area contributed by atoms with Crippen molar-refractivity contribution in [3.8, 4) is 0 Å². The number of anilines is 2. The number of amides is 1. The largest absolute Gasteiger partial charge is 0.359 e. The molecule has 128 valence electrons. The molecule has 0 radical (unpaired) electrons. The van der Waals surface area contributed by atoms with E-state index in [1.165, 1.54) is 0 Å². The summed E-state index contributed by atoms with van der Waals surface area (Å²) in [5.74, 6) is 1.07. The molecule has 0 bridgehead atoms. The predicted molar refractivity (Wildman–Crippen MR) is 93.5 cm³/mol. The van der Waals surface area contributed by atoms with E-state index in [-0.39, 0.29) is 5.91 Å². The summed E-state index contributed by atoms with van der Waals surface area (Å²) in [5, 5.41) is 17.9. The van der Waals surface area contributed by atoms with Crippen LogP contribution in [0.1, 0.15) is 34.4 Å². The molecule has 0 atom stereocenters. The van der Waals surface area contributed by atoms with Gasteiger partial charge in [0.05, 0.1) is 17.9 Å². The molecule has 3 aromatic rings. The minimum absolute atomic E-state index is 0.187. The minimum atomic E-state index is -0.187. The number of benzene rings is 1. The summed E-state index contributed by atoms with van der Waals surface area (Å²) in [7, 11) is 0. The van der Waals surface area contributed by atoms with Crippen LogP contribution in [0.5, 0.6) is 0 Å². The van der Waals surface area contributed by atoms with Crippen molar-refractivity contribution in [1.82, 2.24) is 20.7 Å². The number of hydrogen-bond donors (Lipinski definition) is 2. The molecule has 0 saturated carbocycles. The van der Waals surface area contributed by atoms with Gasteiger partial charge in [0.2, 0.25) is 0 Å². The SMILES string of the molecule is CCc1cc(CNC(=O)c2cccc(Nc3ccc(C)nn3)c2)on1. The van der Waals surface area contributed by atoms with Crippen LogP contribution in [0.2, 0.25) is 0 Å². The van der Waals surface area contributed by atoms with Crippen LogP contribution in [0.3, 0.4) is 0 Å². The van der Waals surface area contributed by atoms with E-state index in [0.717, 1.165) is 23.5 Å². The van der Waals surface area contributed by atoms with Gasteiger partial charge in [0.15, 0.2) is 11.6 Å². The van der Waals surface area contributed by atoms with Crippen molar-refractivity contribution in [2.24, 2.45) is 0 Å². The Balaban J connectivity index is 1.63. The molecule has 7 heteroatoms. The van der Waals surface area contributed by atoms with Gasteiger partial charge in [0.25, 0.3) is 5.91 Å². The Hall–Kier alpha value is -3.22. The first-order chi connectivity index (χ1) is 12.1. The summed E-state index contributed by atoms with van der Waals surface area (Å²) in [6, 6.07) is 12.7. The predicted octanol–water partition coefficient (Wildman–Crippen LogP) is 3.01. The molecule has 0 unspecified atom stereocenters. The number of hydrogen-bond acceptors (Lipinski definition) is 6. The van der Waals surface area contributed by atoms with E-state index >= 15 is 0 Å². The maximum atomic E-state index is 12.3. The zero-order valence-electron chi connectivity index (χ0n) is 14.1. The highest BCUT2D eigenvalue weighted by atomic mass is 16.5. The normalized spacial score (nSPS) is 10.5. The summed E-state index contributed by atoms with van der Waals surface area (Å²) in [5.41, 5.74) is 3.02. The molecule has 0 saturated heterocycles. The van der Waals surface area contributed by atoms with Gasteiger partial charge in [-0.2, -0.15) is 5.10 Å². The summed E-state index contributed by atoms with van der Waals surface area (Å²) >= 11 is 0. The summed E-state index contributed by atoms with van der Waals surface area (Å²) < 4.78 is 5.16. The van der Waals surface area contributed by atoms with Crippen LogP contribution in [-0.4, -0.2) is 21.3 Å². The molecule has 0 fully saturated rings. The number of nitrogens with zero attached hydrogens (tertiary/aromatic N) is 3. The molecule has 1 aromatic carbocycles. The summed E-state index contributed by atoms with van der Waals surface area (Å²) in [6.45, 7) is 4.17. The van der Waals surface area contributed by atoms with Crippen molar-refractivity contribution in [2.45, 2.75) is 26.8 Å². The second kappa shape index (κ2) is 7.57. The fourth-order valence-electron chi connectivity index (χ4n) is 2.23. The highest BCUT2D eigenvalue weighted by Crippen LogP contribution is 2.16. The van der Waals surface area contributed by atoms with Crippen LogP contribution in [0.15, 0.2) is 47.0 Å². The van der Waals surface area contributed by atoms with E-state index in [1.807, 2.05) is 44.2 Å². The molecular weight excluding hydrogens is 318 g/mol. The van der Waals surface area contributed by atoms with Gasteiger partial charge < -0.3 is 15.2 Å². The lowest BCUT2D eigenvalue weighted by molar-refractivity contribution is 0.0947. The number of carbonyl (C=O) groups is 1. The molecule has 25 heavy (non-hydrogen) atoms. The standard InChI is InChI=1S/C18H19N5O2/c1-3-14-10-16(25-23-14)11-19-18(24)13-5-4-6-15(9-13)20-17-8-7-12(2)21-22-17/h4-10H,3,11H2,1-2H3,(H,19,24)(H,20,22). The molecule has 0 aliphatic carbocycles. The molecule has 0 aliphatic heterocycles. The third-order valence-electron chi connectivity index (χ3n) is 3.59. The average Bonchev–Trinajstić information content (AvgIpc) is 3.10. The fourth-order valence-corrected chi connectivity index (χ4v) is 2.23. The third-order valence-corrected chi connectivity index (χ3v) is 3.59. The molecule has 2 aromatic heterocycles. The molecule has 2 N–H and O–H groups in total. The Bertz CT molecular complexity index is 858. The smallest absolute Gasteiger partial charge is 0.251 e. The molecule has 2 heterocycles. The van der Waals surface area contributed by atoms with Crippen LogP contribution in [-0.2, 0) is 13.0 Å². The zero-order chi connectivity index (χ0) is 17.6. The van der Waals surface area contributed by atoms with E-state index in [0.29, 0.717) is 23.7 Å². The van der Waals surface area contributed by atoms with E-state index < -0.39 is 0 Å². The first-order valence-electron chi connectivity index (χ1n) is 8.04. The molecular formula is C18H19N5O2. The number of nitrogens with one attached hydrogen (secondary N) is 2. The third kappa shape index (κ3) is 4.41. The quantitative estimate of drug-likeness (QED) is 0.718. The van der Waals surface area contributed by atoms with Gasteiger partial charge in [-0.15, -0.1) is 5.10 Å². The van der Waals surface area contributed by atoms with Crippen LogP contribution < -0.4 is 10.6 Å². The van der Waals surface area contributed by atoms with Gasteiger partial charge in [0, 0.05) is 17.3 Å². The van der Waals surface area contributed by atoms with E-state index in [9.17, 15) is 4.79 Å². The highest BCUT2D eigenvalue weighted by Gasteiger charge is 2.09. The Morgan fingerprint density at radius 2 is 2.04 bits per heavy atom. The molecule has 3 rings (SSSR count). The lowest BCUT2D eigenvalue weighted by atomic mass is 10.2. The van der Waals surface area contributed by atoms with Crippen molar-refractivity contribution in [2.75, 3.05) is 5.32 Å². The monoisotopic (exact) mass is 337 g/mol. The van der Waals surface area contributed by atoms with Crippen molar-refractivity contribution in [3.05, 3.63) is 65.2 Å². The Morgan fingerprint density at radius 1 is 1.16 bits per heavy atom. The van der Waals surface area contributed by atoms with Crippen molar-refractivity contribution in [1.29, 1.82) is 0 Å². The van der Waals surface area contributed by atoms with Crippen LogP contribution in [0.25, 0.3) is 0 Å². The molecule has 0 aliphatic rings. The molecule has 7 nitrogen and oxygen atoms in total. The lowest BCUT2D eigenvalue weighted by Gasteiger charge is -2.07. The van der Waals surface area contributed by atoms with Gasteiger partial charge in [0.1, 0.15) is 0 Å². The van der Waals surface area contributed by atoms with Gasteiger partial charge >= 0.3 is 0 Å². The number of carbonyl (C=O) groups excluding carboxylic acids is 1. The maximum Gasteiger partial charge on any atom is 0.251 e.